The molecule has 0 bridgehead atoms. The Kier molecular flexibility index (Phi) is 9.39. The number of amides is 1. The van der Waals surface area contributed by atoms with Crippen LogP contribution in [0.3, 0.4) is 0 Å². The van der Waals surface area contributed by atoms with Gasteiger partial charge in [0.2, 0.25) is 5.91 Å². The lowest BCUT2D eigenvalue weighted by Crippen LogP contribution is -2.54. The van der Waals surface area contributed by atoms with Crippen molar-refractivity contribution in [3.05, 3.63) is 0 Å². The molecule has 0 aromatic carbocycles. The smallest absolute Gasteiger partial charge is 0.242 e. The molecule has 2 heterocycles. The van der Waals surface area contributed by atoms with E-state index in [1.54, 1.807) is 13.8 Å². The third kappa shape index (κ3) is 6.75. The Bertz CT molecular complexity index is 359. The van der Waals surface area contributed by atoms with Gasteiger partial charge in [-0.15, -0.1) is 24.8 Å². The normalized spacial score (nSPS) is 27.1. The summed E-state index contributed by atoms with van der Waals surface area (Å²) in [6, 6.07) is 0. The van der Waals surface area contributed by atoms with Crippen LogP contribution >= 0.6 is 24.8 Å². The molecular formula is C16H33Cl2N3O2. The van der Waals surface area contributed by atoms with Gasteiger partial charge in [0.25, 0.3) is 0 Å². The minimum Gasteiger partial charge on any atom is -0.373 e. The molecule has 138 valence electrons. The third-order valence-electron chi connectivity index (χ3n) is 4.46. The number of halogens is 2. The highest BCUT2D eigenvalue weighted by molar-refractivity contribution is 5.86. The number of carbonyl (C=O) groups is 1. The fourth-order valence-corrected chi connectivity index (χ4v) is 3.52. The molecule has 1 amide bonds. The van der Waals surface area contributed by atoms with Crippen LogP contribution in [0.15, 0.2) is 0 Å². The summed E-state index contributed by atoms with van der Waals surface area (Å²) in [4.78, 5) is 16.6. The number of hydrogen-bond donors (Lipinski definition) is 1. The molecule has 0 spiro atoms. The largest absolute Gasteiger partial charge is 0.373 e. The number of ether oxygens (including phenoxy) is 1. The van der Waals surface area contributed by atoms with E-state index >= 15 is 0 Å². The van der Waals surface area contributed by atoms with Crippen molar-refractivity contribution < 1.29 is 9.53 Å². The third-order valence-corrected chi connectivity index (χ3v) is 4.46. The molecule has 0 aliphatic carbocycles. The molecule has 2 fully saturated rings. The first-order valence-corrected chi connectivity index (χ1v) is 8.21. The zero-order chi connectivity index (χ0) is 15.6. The topological polar surface area (TPSA) is 58.8 Å². The molecule has 23 heavy (non-hydrogen) atoms. The van der Waals surface area contributed by atoms with Crippen LogP contribution in [-0.4, -0.2) is 66.2 Å². The number of morpholine rings is 1. The van der Waals surface area contributed by atoms with Gasteiger partial charge in [-0.05, 0) is 46.5 Å². The number of nitrogens with two attached hydrogens (primary N) is 1. The van der Waals surface area contributed by atoms with Crippen LogP contribution in [0.25, 0.3) is 0 Å². The highest BCUT2D eigenvalue weighted by Crippen LogP contribution is 2.22. The van der Waals surface area contributed by atoms with Gasteiger partial charge in [0, 0.05) is 32.7 Å². The van der Waals surface area contributed by atoms with E-state index in [4.69, 9.17) is 10.5 Å². The second-order valence-electron chi connectivity index (χ2n) is 7.43. The number of likely N-dealkylation sites (tertiary alicyclic amines) is 1. The van der Waals surface area contributed by atoms with Gasteiger partial charge in [-0.1, -0.05) is 0 Å². The molecule has 0 saturated carbocycles. The maximum Gasteiger partial charge on any atom is 0.242 e. The van der Waals surface area contributed by atoms with E-state index in [9.17, 15) is 4.79 Å². The van der Waals surface area contributed by atoms with Gasteiger partial charge in [0.05, 0.1) is 17.7 Å². The first-order valence-electron chi connectivity index (χ1n) is 8.21. The summed E-state index contributed by atoms with van der Waals surface area (Å²) < 4.78 is 5.78. The molecule has 0 aromatic rings. The Morgan fingerprint density at radius 1 is 1.13 bits per heavy atom. The van der Waals surface area contributed by atoms with Crippen LogP contribution < -0.4 is 5.73 Å². The van der Waals surface area contributed by atoms with Crippen molar-refractivity contribution >= 4 is 30.7 Å². The summed E-state index contributed by atoms with van der Waals surface area (Å²) in [7, 11) is 0. The highest BCUT2D eigenvalue weighted by Gasteiger charge is 2.32. The molecule has 2 atom stereocenters. The van der Waals surface area contributed by atoms with Crippen LogP contribution in [0.4, 0.5) is 0 Å². The summed E-state index contributed by atoms with van der Waals surface area (Å²) in [6.45, 7) is 12.8. The van der Waals surface area contributed by atoms with E-state index < -0.39 is 5.54 Å². The second-order valence-corrected chi connectivity index (χ2v) is 7.43. The number of carbonyl (C=O) groups excluding carboxylic acids is 1. The average Bonchev–Trinajstić information content (AvgIpc) is 2.36. The van der Waals surface area contributed by atoms with Crippen LogP contribution in [0.5, 0.6) is 0 Å². The molecule has 7 heteroatoms. The predicted octanol–water partition coefficient (Wildman–Crippen LogP) is 1.92. The predicted molar refractivity (Wildman–Crippen MR) is 98.5 cm³/mol. The van der Waals surface area contributed by atoms with Crippen molar-refractivity contribution in [2.75, 3.05) is 32.7 Å². The van der Waals surface area contributed by atoms with Gasteiger partial charge >= 0.3 is 0 Å². The Labute approximate surface area is 153 Å². The van der Waals surface area contributed by atoms with Crippen molar-refractivity contribution in [1.82, 2.24) is 9.80 Å². The fraction of sp³-hybridized carbons (Fsp3) is 0.938. The first-order chi connectivity index (χ1) is 9.75. The van der Waals surface area contributed by atoms with Crippen molar-refractivity contribution in [1.29, 1.82) is 0 Å². The molecule has 5 nitrogen and oxygen atoms in total. The lowest BCUT2D eigenvalue weighted by Gasteiger charge is -2.40. The standard InChI is InChI=1S/C16H31N3O2.2ClH/c1-12-9-18(10-13(2)21-12)11-14-5-7-19(8-6-14)15(20)16(3,4)17;;/h12-14H,5-11,17H2,1-4H3;2*1H. The van der Waals surface area contributed by atoms with Crippen molar-refractivity contribution in [3.63, 3.8) is 0 Å². The van der Waals surface area contributed by atoms with Crippen molar-refractivity contribution in [2.24, 2.45) is 11.7 Å². The van der Waals surface area contributed by atoms with Gasteiger partial charge in [0.1, 0.15) is 0 Å². The van der Waals surface area contributed by atoms with Gasteiger partial charge in [-0.25, -0.2) is 0 Å². The summed E-state index contributed by atoms with van der Waals surface area (Å²) in [5, 5.41) is 0. The molecule has 2 N–H and O–H groups in total. The van der Waals surface area contributed by atoms with Gasteiger partial charge in [-0.3, -0.25) is 9.69 Å². The van der Waals surface area contributed by atoms with E-state index in [1.165, 1.54) is 0 Å². The summed E-state index contributed by atoms with van der Waals surface area (Å²) in [6.07, 6.45) is 2.83. The zero-order valence-electron chi connectivity index (χ0n) is 14.8. The Hall–Kier alpha value is -0.0700. The quantitative estimate of drug-likeness (QED) is 0.825. The van der Waals surface area contributed by atoms with Crippen molar-refractivity contribution in [2.45, 2.75) is 58.3 Å². The maximum absolute atomic E-state index is 12.2. The highest BCUT2D eigenvalue weighted by atomic mass is 35.5. The average molecular weight is 370 g/mol. The molecule has 2 rings (SSSR count). The molecule has 2 aliphatic heterocycles. The molecule has 2 saturated heterocycles. The van der Waals surface area contributed by atoms with E-state index in [0.717, 1.165) is 45.6 Å². The number of rotatable bonds is 3. The fourth-order valence-electron chi connectivity index (χ4n) is 3.52. The SMILES string of the molecule is CC1CN(CC2CCN(C(=O)C(C)(C)N)CC2)CC(C)O1.Cl.Cl. The Morgan fingerprint density at radius 3 is 2.04 bits per heavy atom. The number of piperidine rings is 1. The molecule has 0 radical (unpaired) electrons. The van der Waals surface area contributed by atoms with Gasteiger partial charge in [0.15, 0.2) is 0 Å². The summed E-state index contributed by atoms with van der Waals surface area (Å²) >= 11 is 0. The van der Waals surface area contributed by atoms with Crippen LogP contribution in [0.1, 0.15) is 40.5 Å². The minimum atomic E-state index is -0.748. The monoisotopic (exact) mass is 369 g/mol. The van der Waals surface area contributed by atoms with Crippen LogP contribution in [0.2, 0.25) is 0 Å². The minimum absolute atomic E-state index is 0. The lowest BCUT2D eigenvalue weighted by atomic mass is 9.94. The van der Waals surface area contributed by atoms with Crippen LogP contribution in [0, 0.1) is 5.92 Å². The van der Waals surface area contributed by atoms with E-state index in [-0.39, 0.29) is 30.7 Å². The van der Waals surface area contributed by atoms with Gasteiger partial charge < -0.3 is 15.4 Å². The first kappa shape index (κ1) is 22.9. The maximum atomic E-state index is 12.2. The van der Waals surface area contributed by atoms with E-state index in [2.05, 4.69) is 18.7 Å². The second kappa shape index (κ2) is 9.42. The Morgan fingerprint density at radius 2 is 1.61 bits per heavy atom. The lowest BCUT2D eigenvalue weighted by molar-refractivity contribution is -0.137. The Balaban J connectivity index is 0.00000242. The zero-order valence-corrected chi connectivity index (χ0v) is 16.4. The summed E-state index contributed by atoms with van der Waals surface area (Å²) in [5.74, 6) is 0.766. The molecule has 2 unspecified atom stereocenters. The number of hydrogen-bond acceptors (Lipinski definition) is 4. The molecule has 0 aromatic heterocycles. The van der Waals surface area contributed by atoms with E-state index in [0.29, 0.717) is 18.1 Å². The van der Waals surface area contributed by atoms with Crippen molar-refractivity contribution in [3.8, 4) is 0 Å². The number of nitrogens with zero attached hydrogens (tertiary/aromatic N) is 2. The molecule has 2 aliphatic rings. The molecular weight excluding hydrogens is 337 g/mol. The summed E-state index contributed by atoms with van der Waals surface area (Å²) in [5.41, 5.74) is 5.16. The van der Waals surface area contributed by atoms with Gasteiger partial charge in [-0.2, -0.15) is 0 Å². The van der Waals surface area contributed by atoms with E-state index in [1.807, 2.05) is 4.90 Å². The van der Waals surface area contributed by atoms with Crippen LogP contribution in [-0.2, 0) is 9.53 Å².